The molecule has 0 atom stereocenters. The number of thioether (sulfide) groups is 1. The molecule has 0 saturated carbocycles. The van der Waals surface area contributed by atoms with Crippen LogP contribution in [0.3, 0.4) is 0 Å². The maximum atomic E-state index is 11.6. The average molecular weight is 224 g/mol. The highest BCUT2D eigenvalue weighted by atomic mass is 32.2. The highest BCUT2D eigenvalue weighted by Gasteiger charge is 2.23. The van der Waals surface area contributed by atoms with Crippen molar-refractivity contribution in [1.29, 1.82) is 0 Å². The number of fused-ring (bicyclic) bond motifs is 1. The van der Waals surface area contributed by atoms with Gasteiger partial charge in [0.15, 0.2) is 17.3 Å². The van der Waals surface area contributed by atoms with E-state index in [0.717, 1.165) is 16.2 Å². The number of rotatable bonds is 2. The van der Waals surface area contributed by atoms with Gasteiger partial charge in [-0.15, -0.1) is 11.8 Å². The fourth-order valence-electron chi connectivity index (χ4n) is 1.64. The zero-order valence-corrected chi connectivity index (χ0v) is 9.52. The van der Waals surface area contributed by atoms with Crippen molar-refractivity contribution in [2.75, 3.05) is 20.0 Å². The van der Waals surface area contributed by atoms with Gasteiger partial charge in [-0.05, 0) is 12.1 Å². The summed E-state index contributed by atoms with van der Waals surface area (Å²) in [4.78, 5) is 12.6. The summed E-state index contributed by atoms with van der Waals surface area (Å²) < 4.78 is 10.5. The first-order chi connectivity index (χ1) is 7.27. The number of hydrogen-bond donors (Lipinski definition) is 0. The van der Waals surface area contributed by atoms with Crippen LogP contribution in [-0.4, -0.2) is 25.8 Å². The number of methoxy groups -OCH3 is 2. The minimum absolute atomic E-state index is 0.185. The van der Waals surface area contributed by atoms with Gasteiger partial charge in [0.2, 0.25) is 0 Å². The molecular formula is C11H12O3S. The van der Waals surface area contributed by atoms with E-state index in [2.05, 4.69) is 0 Å². The zero-order valence-electron chi connectivity index (χ0n) is 8.70. The molecule has 1 aliphatic rings. The summed E-state index contributed by atoms with van der Waals surface area (Å²) >= 11 is 1.65. The van der Waals surface area contributed by atoms with Gasteiger partial charge in [0.05, 0.1) is 19.1 Å². The highest BCUT2D eigenvalue weighted by Crippen LogP contribution is 2.42. The Bertz CT molecular complexity index is 401. The summed E-state index contributed by atoms with van der Waals surface area (Å²) in [6.45, 7) is 0. The maximum absolute atomic E-state index is 11.6. The van der Waals surface area contributed by atoms with E-state index in [1.54, 1.807) is 32.0 Å². The predicted octanol–water partition coefficient (Wildman–Crippen LogP) is 2.38. The van der Waals surface area contributed by atoms with Crippen LogP contribution < -0.4 is 9.47 Å². The zero-order chi connectivity index (χ0) is 10.8. The Morgan fingerprint density at radius 1 is 1.27 bits per heavy atom. The first kappa shape index (κ1) is 10.4. The number of ether oxygens (including phenoxy) is 2. The standard InChI is InChI=1S/C11H12O3S/c1-13-9-4-3-7-8(12)5-6-15-11(7)10(9)14-2/h3-4H,5-6H2,1-2H3. The van der Waals surface area contributed by atoms with Crippen molar-refractivity contribution in [3.05, 3.63) is 17.7 Å². The van der Waals surface area contributed by atoms with Crippen LogP contribution in [0.1, 0.15) is 16.8 Å². The average Bonchev–Trinajstić information content (AvgIpc) is 2.28. The molecule has 1 aromatic carbocycles. The number of carbonyl (C=O) groups is 1. The van der Waals surface area contributed by atoms with E-state index < -0.39 is 0 Å². The van der Waals surface area contributed by atoms with E-state index in [1.807, 2.05) is 6.07 Å². The van der Waals surface area contributed by atoms with Crippen molar-refractivity contribution in [2.45, 2.75) is 11.3 Å². The maximum Gasteiger partial charge on any atom is 0.175 e. The summed E-state index contributed by atoms with van der Waals surface area (Å²) in [7, 11) is 3.19. The topological polar surface area (TPSA) is 35.5 Å². The number of carbonyl (C=O) groups excluding carboxylic acids is 1. The van der Waals surface area contributed by atoms with Crippen LogP contribution in [0.4, 0.5) is 0 Å². The highest BCUT2D eigenvalue weighted by molar-refractivity contribution is 7.99. The number of Topliss-reactive ketones (excluding diaryl/α,β-unsaturated/α-hetero) is 1. The van der Waals surface area contributed by atoms with Gasteiger partial charge >= 0.3 is 0 Å². The van der Waals surface area contributed by atoms with Crippen molar-refractivity contribution in [3.8, 4) is 11.5 Å². The molecule has 0 bridgehead atoms. The van der Waals surface area contributed by atoms with Crippen LogP contribution >= 0.6 is 11.8 Å². The molecule has 3 nitrogen and oxygen atoms in total. The Morgan fingerprint density at radius 3 is 2.73 bits per heavy atom. The largest absolute Gasteiger partial charge is 0.493 e. The molecule has 0 fully saturated rings. The third-order valence-electron chi connectivity index (χ3n) is 2.38. The first-order valence-electron chi connectivity index (χ1n) is 4.69. The van der Waals surface area contributed by atoms with Gasteiger partial charge < -0.3 is 9.47 Å². The molecule has 0 spiro atoms. The summed E-state index contributed by atoms with van der Waals surface area (Å²) in [5.41, 5.74) is 0.754. The van der Waals surface area contributed by atoms with Gasteiger partial charge in [0.1, 0.15) is 0 Å². The van der Waals surface area contributed by atoms with E-state index >= 15 is 0 Å². The molecule has 15 heavy (non-hydrogen) atoms. The molecule has 0 saturated heterocycles. The predicted molar refractivity (Wildman–Crippen MR) is 59.2 cm³/mol. The molecule has 4 heteroatoms. The number of hydrogen-bond acceptors (Lipinski definition) is 4. The molecule has 80 valence electrons. The number of benzene rings is 1. The lowest BCUT2D eigenvalue weighted by molar-refractivity contribution is 0.0984. The molecule has 2 rings (SSSR count). The van der Waals surface area contributed by atoms with Crippen molar-refractivity contribution >= 4 is 17.5 Å². The summed E-state index contributed by atoms with van der Waals surface area (Å²) in [6.07, 6.45) is 0.604. The second kappa shape index (κ2) is 4.14. The SMILES string of the molecule is COc1ccc2c(c1OC)SCCC2=O. The van der Waals surface area contributed by atoms with Crippen LogP contribution in [0.2, 0.25) is 0 Å². The molecule has 1 heterocycles. The lowest BCUT2D eigenvalue weighted by Crippen LogP contribution is -2.09. The quantitative estimate of drug-likeness (QED) is 0.772. The van der Waals surface area contributed by atoms with E-state index in [0.29, 0.717) is 17.9 Å². The fraction of sp³-hybridized carbons (Fsp3) is 0.364. The van der Waals surface area contributed by atoms with Crippen molar-refractivity contribution in [3.63, 3.8) is 0 Å². The third-order valence-corrected chi connectivity index (χ3v) is 3.48. The smallest absolute Gasteiger partial charge is 0.175 e. The molecule has 1 aromatic rings. The van der Waals surface area contributed by atoms with Gasteiger partial charge in [0, 0.05) is 17.7 Å². The second-order valence-corrected chi connectivity index (χ2v) is 4.30. The van der Waals surface area contributed by atoms with Crippen LogP contribution in [-0.2, 0) is 0 Å². The van der Waals surface area contributed by atoms with Crippen molar-refractivity contribution < 1.29 is 14.3 Å². The van der Waals surface area contributed by atoms with Crippen LogP contribution in [0.5, 0.6) is 11.5 Å². The Balaban J connectivity index is 2.58. The van der Waals surface area contributed by atoms with Gasteiger partial charge in [-0.3, -0.25) is 4.79 Å². The summed E-state index contributed by atoms with van der Waals surface area (Å²) in [5, 5.41) is 0. The summed E-state index contributed by atoms with van der Waals surface area (Å²) in [5.74, 6) is 2.35. The minimum Gasteiger partial charge on any atom is -0.493 e. The van der Waals surface area contributed by atoms with Gasteiger partial charge in [-0.2, -0.15) is 0 Å². The second-order valence-electron chi connectivity index (χ2n) is 3.20. The normalized spacial score (nSPS) is 14.7. The Labute approximate surface area is 92.8 Å². The third kappa shape index (κ3) is 1.69. The lowest BCUT2D eigenvalue weighted by atomic mass is 10.1. The van der Waals surface area contributed by atoms with Gasteiger partial charge in [0.25, 0.3) is 0 Å². The molecule has 0 amide bonds. The number of ketones is 1. The Kier molecular flexibility index (Phi) is 2.86. The van der Waals surface area contributed by atoms with E-state index in [9.17, 15) is 4.79 Å². The van der Waals surface area contributed by atoms with E-state index in [1.165, 1.54) is 0 Å². The molecule has 0 aromatic heterocycles. The Hall–Kier alpha value is -1.16. The van der Waals surface area contributed by atoms with Crippen molar-refractivity contribution in [1.82, 2.24) is 0 Å². The fourth-order valence-corrected chi connectivity index (χ4v) is 2.79. The minimum atomic E-state index is 0.185. The van der Waals surface area contributed by atoms with E-state index in [4.69, 9.17) is 9.47 Å². The van der Waals surface area contributed by atoms with E-state index in [-0.39, 0.29) is 5.78 Å². The molecule has 0 N–H and O–H groups in total. The lowest BCUT2D eigenvalue weighted by Gasteiger charge is -2.18. The Morgan fingerprint density at radius 2 is 2.07 bits per heavy atom. The molecule has 0 unspecified atom stereocenters. The van der Waals surface area contributed by atoms with Crippen LogP contribution in [0, 0.1) is 0 Å². The first-order valence-corrected chi connectivity index (χ1v) is 5.67. The molecule has 1 aliphatic heterocycles. The summed E-state index contributed by atoms with van der Waals surface area (Å²) in [6, 6.07) is 3.59. The van der Waals surface area contributed by atoms with Crippen LogP contribution in [0.25, 0.3) is 0 Å². The van der Waals surface area contributed by atoms with Crippen molar-refractivity contribution in [2.24, 2.45) is 0 Å². The molecule has 0 aliphatic carbocycles. The molecular weight excluding hydrogens is 212 g/mol. The van der Waals surface area contributed by atoms with Crippen LogP contribution in [0.15, 0.2) is 17.0 Å². The van der Waals surface area contributed by atoms with Gasteiger partial charge in [-0.1, -0.05) is 0 Å². The van der Waals surface area contributed by atoms with Gasteiger partial charge in [-0.25, -0.2) is 0 Å². The monoisotopic (exact) mass is 224 g/mol. The molecule has 0 radical (unpaired) electrons.